The number of nitro benzene ring substituents is 1. The highest BCUT2D eigenvalue weighted by molar-refractivity contribution is 7.90. The Labute approximate surface area is 121 Å². The number of rotatable bonds is 5. The maximum atomic E-state index is 11.6. The molecule has 1 aromatic carbocycles. The third-order valence-corrected chi connectivity index (χ3v) is 3.92. The smallest absolute Gasteiger partial charge is 0.269 e. The van der Waals surface area contributed by atoms with Gasteiger partial charge in [0.05, 0.1) is 18.1 Å². The third-order valence-electron chi connectivity index (χ3n) is 3.01. The Morgan fingerprint density at radius 2 is 2.24 bits per heavy atom. The number of nitro groups is 1. The molecule has 1 aliphatic rings. The van der Waals surface area contributed by atoms with Crippen molar-refractivity contribution in [1.82, 2.24) is 0 Å². The standard InChI is InChI=1S/C12H15NO7S/c1-21(17,18)8-12(19-7-11(6-14)20-12)9-3-2-4-10(5-9)13(15)16/h2-5,11,14H,6-8H2,1H3/t11-,12-/m0/s1. The molecule has 0 unspecified atom stereocenters. The van der Waals surface area contributed by atoms with E-state index in [0.29, 0.717) is 0 Å². The van der Waals surface area contributed by atoms with Crippen LogP contribution in [0.1, 0.15) is 5.56 Å². The molecule has 0 amide bonds. The topological polar surface area (TPSA) is 116 Å². The maximum Gasteiger partial charge on any atom is 0.269 e. The van der Waals surface area contributed by atoms with Crippen LogP contribution in [0.3, 0.4) is 0 Å². The van der Waals surface area contributed by atoms with Gasteiger partial charge in [-0.05, 0) is 0 Å². The van der Waals surface area contributed by atoms with Gasteiger partial charge in [-0.3, -0.25) is 10.1 Å². The average molecular weight is 317 g/mol. The van der Waals surface area contributed by atoms with Gasteiger partial charge < -0.3 is 14.6 Å². The third kappa shape index (κ3) is 3.56. The number of aliphatic hydroxyl groups excluding tert-OH is 1. The van der Waals surface area contributed by atoms with Gasteiger partial charge in [0.1, 0.15) is 11.9 Å². The highest BCUT2D eigenvalue weighted by Gasteiger charge is 2.46. The zero-order chi connectivity index (χ0) is 15.7. The van der Waals surface area contributed by atoms with Gasteiger partial charge >= 0.3 is 0 Å². The molecular formula is C12H15NO7S. The molecule has 2 atom stereocenters. The molecule has 116 valence electrons. The van der Waals surface area contributed by atoms with E-state index >= 15 is 0 Å². The molecule has 1 heterocycles. The predicted molar refractivity (Wildman–Crippen MR) is 72.4 cm³/mol. The Hall–Kier alpha value is -1.55. The van der Waals surface area contributed by atoms with Crippen molar-refractivity contribution in [2.45, 2.75) is 11.9 Å². The minimum Gasteiger partial charge on any atom is -0.394 e. The molecule has 0 bridgehead atoms. The van der Waals surface area contributed by atoms with Crippen molar-refractivity contribution in [2.24, 2.45) is 0 Å². The number of benzene rings is 1. The van der Waals surface area contributed by atoms with Crippen LogP contribution < -0.4 is 0 Å². The summed E-state index contributed by atoms with van der Waals surface area (Å²) in [5, 5.41) is 20.0. The van der Waals surface area contributed by atoms with Crippen LogP contribution in [0.25, 0.3) is 0 Å². The first-order valence-electron chi connectivity index (χ1n) is 6.11. The van der Waals surface area contributed by atoms with E-state index in [0.717, 1.165) is 6.26 Å². The molecule has 0 radical (unpaired) electrons. The van der Waals surface area contributed by atoms with Crippen LogP contribution in [0.5, 0.6) is 0 Å². The predicted octanol–water partition coefficient (Wildman–Crippen LogP) is 0.200. The monoisotopic (exact) mass is 317 g/mol. The van der Waals surface area contributed by atoms with E-state index in [1.165, 1.54) is 24.3 Å². The second kappa shape index (κ2) is 5.68. The highest BCUT2D eigenvalue weighted by atomic mass is 32.2. The lowest BCUT2D eigenvalue weighted by molar-refractivity contribution is -0.385. The number of aliphatic hydroxyl groups is 1. The Balaban J connectivity index is 2.45. The van der Waals surface area contributed by atoms with Crippen LogP contribution in [-0.4, -0.2) is 49.8 Å². The molecule has 21 heavy (non-hydrogen) atoms. The van der Waals surface area contributed by atoms with Crippen molar-refractivity contribution in [1.29, 1.82) is 0 Å². The molecule has 1 fully saturated rings. The summed E-state index contributed by atoms with van der Waals surface area (Å²) >= 11 is 0. The van der Waals surface area contributed by atoms with Gasteiger partial charge in [0.2, 0.25) is 5.79 Å². The molecule has 1 saturated heterocycles. The molecule has 8 nitrogen and oxygen atoms in total. The molecule has 2 rings (SSSR count). The average Bonchev–Trinajstić information content (AvgIpc) is 2.81. The fourth-order valence-electron chi connectivity index (χ4n) is 2.17. The zero-order valence-corrected chi connectivity index (χ0v) is 12.1. The van der Waals surface area contributed by atoms with E-state index in [1.807, 2.05) is 0 Å². The van der Waals surface area contributed by atoms with Gasteiger partial charge in [-0.15, -0.1) is 0 Å². The molecule has 0 aliphatic carbocycles. The second-order valence-corrected chi connectivity index (χ2v) is 7.00. The first-order chi connectivity index (χ1) is 9.76. The van der Waals surface area contributed by atoms with Crippen molar-refractivity contribution < 1.29 is 27.9 Å². The van der Waals surface area contributed by atoms with Crippen molar-refractivity contribution in [3.63, 3.8) is 0 Å². The first kappa shape index (κ1) is 15.8. The Morgan fingerprint density at radius 1 is 1.52 bits per heavy atom. The van der Waals surface area contributed by atoms with Crippen molar-refractivity contribution >= 4 is 15.5 Å². The lowest BCUT2D eigenvalue weighted by atomic mass is 10.1. The summed E-state index contributed by atoms with van der Waals surface area (Å²) in [7, 11) is -3.48. The van der Waals surface area contributed by atoms with Gasteiger partial charge in [0.15, 0.2) is 9.84 Å². The van der Waals surface area contributed by atoms with Gasteiger partial charge in [0, 0.05) is 24.0 Å². The van der Waals surface area contributed by atoms with Crippen molar-refractivity contribution in [2.75, 3.05) is 25.2 Å². The molecule has 0 aromatic heterocycles. The Bertz CT molecular complexity index is 645. The van der Waals surface area contributed by atoms with E-state index in [-0.39, 0.29) is 24.5 Å². The molecule has 1 aromatic rings. The van der Waals surface area contributed by atoms with Crippen molar-refractivity contribution in [3.8, 4) is 0 Å². The minimum atomic E-state index is -3.48. The highest BCUT2D eigenvalue weighted by Crippen LogP contribution is 2.36. The van der Waals surface area contributed by atoms with Crippen LogP contribution in [0.2, 0.25) is 0 Å². The molecule has 1 N–H and O–H groups in total. The van der Waals surface area contributed by atoms with Crippen molar-refractivity contribution in [3.05, 3.63) is 39.9 Å². The summed E-state index contributed by atoms with van der Waals surface area (Å²) < 4.78 is 34.2. The lowest BCUT2D eigenvalue weighted by Gasteiger charge is -2.27. The summed E-state index contributed by atoms with van der Waals surface area (Å²) in [5.41, 5.74) is 0.0399. The largest absolute Gasteiger partial charge is 0.394 e. The second-order valence-electron chi connectivity index (χ2n) is 4.86. The maximum absolute atomic E-state index is 11.6. The van der Waals surface area contributed by atoms with Crippen LogP contribution in [0.15, 0.2) is 24.3 Å². The number of hydrogen-bond donors (Lipinski definition) is 1. The van der Waals surface area contributed by atoms with Gasteiger partial charge in [-0.1, -0.05) is 12.1 Å². The van der Waals surface area contributed by atoms with Crippen LogP contribution >= 0.6 is 0 Å². The normalized spacial score (nSPS) is 25.9. The van der Waals surface area contributed by atoms with Gasteiger partial charge in [0.25, 0.3) is 5.69 Å². The summed E-state index contributed by atoms with van der Waals surface area (Å²) in [5.74, 6) is -2.12. The SMILES string of the molecule is CS(=O)(=O)C[C@]1(c2cccc([N+](=O)[O-])c2)OC[C@H](CO)O1. The van der Waals surface area contributed by atoms with E-state index in [2.05, 4.69) is 0 Å². The molecule has 0 spiro atoms. The molecule has 9 heteroatoms. The minimum absolute atomic E-state index is 0.00864. The summed E-state index contributed by atoms with van der Waals surface area (Å²) in [6, 6.07) is 5.43. The van der Waals surface area contributed by atoms with Crippen LogP contribution in [0.4, 0.5) is 5.69 Å². The van der Waals surface area contributed by atoms with Gasteiger partial charge in [-0.2, -0.15) is 0 Å². The number of hydrogen-bond acceptors (Lipinski definition) is 7. The van der Waals surface area contributed by atoms with E-state index in [9.17, 15) is 18.5 Å². The number of non-ortho nitro benzene ring substituents is 1. The molecule has 1 aliphatic heterocycles. The summed E-state index contributed by atoms with van der Waals surface area (Å²) in [4.78, 5) is 10.3. The number of sulfone groups is 1. The summed E-state index contributed by atoms with van der Waals surface area (Å²) in [6.45, 7) is -0.324. The Kier molecular flexibility index (Phi) is 4.28. The Morgan fingerprint density at radius 3 is 2.76 bits per heavy atom. The van der Waals surface area contributed by atoms with Gasteiger partial charge in [-0.25, -0.2) is 8.42 Å². The zero-order valence-electron chi connectivity index (χ0n) is 11.3. The first-order valence-corrected chi connectivity index (χ1v) is 8.17. The van der Waals surface area contributed by atoms with E-state index < -0.39 is 32.4 Å². The van der Waals surface area contributed by atoms with Crippen LogP contribution in [0, 0.1) is 10.1 Å². The quantitative estimate of drug-likeness (QED) is 0.609. The molecule has 0 saturated carbocycles. The van der Waals surface area contributed by atoms with Crippen LogP contribution in [-0.2, 0) is 25.1 Å². The fraction of sp³-hybridized carbons (Fsp3) is 0.500. The number of ether oxygens (including phenoxy) is 2. The lowest BCUT2D eigenvalue weighted by Crippen LogP contribution is -2.36. The number of nitrogens with zero attached hydrogens (tertiary/aromatic N) is 1. The van der Waals surface area contributed by atoms with E-state index in [1.54, 1.807) is 0 Å². The summed E-state index contributed by atoms with van der Waals surface area (Å²) in [6.07, 6.45) is 0.344. The fourth-order valence-corrected chi connectivity index (χ4v) is 3.18. The van der Waals surface area contributed by atoms with E-state index in [4.69, 9.17) is 14.6 Å². The molecular weight excluding hydrogens is 302 g/mol.